The van der Waals surface area contributed by atoms with Crippen LogP contribution in [-0.2, 0) is 28.6 Å². The third-order valence-corrected chi connectivity index (χ3v) is 12.5. The summed E-state index contributed by atoms with van der Waals surface area (Å²) in [5.74, 6) is -0.943. The van der Waals surface area contributed by atoms with Crippen molar-refractivity contribution < 1.29 is 28.6 Å². The molecule has 0 saturated heterocycles. The van der Waals surface area contributed by atoms with E-state index in [4.69, 9.17) is 14.2 Å². The lowest BCUT2D eigenvalue weighted by Crippen LogP contribution is -2.30. The van der Waals surface area contributed by atoms with Crippen LogP contribution in [0.5, 0.6) is 0 Å². The lowest BCUT2D eigenvalue weighted by atomic mass is 10.1. The second-order valence-corrected chi connectivity index (χ2v) is 19.5. The number of hydrogen-bond donors (Lipinski definition) is 0. The number of carbonyl (C=O) groups is 3. The summed E-state index contributed by atoms with van der Waals surface area (Å²) in [6.45, 7) is 6.45. The van der Waals surface area contributed by atoms with Crippen molar-refractivity contribution in [3.8, 4) is 0 Å². The van der Waals surface area contributed by atoms with Crippen molar-refractivity contribution in [2.24, 2.45) is 0 Å². The number of allylic oxidation sites excluding steroid dienone is 16. The number of ether oxygens (including phenoxy) is 3. The Labute approximate surface area is 438 Å². The molecule has 0 unspecified atom stereocenters. The van der Waals surface area contributed by atoms with Gasteiger partial charge >= 0.3 is 17.9 Å². The molecule has 0 aromatic heterocycles. The highest BCUT2D eigenvalue weighted by molar-refractivity contribution is 5.71. The Kier molecular flexibility index (Phi) is 55.9. The summed E-state index contributed by atoms with van der Waals surface area (Å²) in [5, 5.41) is 0. The maximum Gasteiger partial charge on any atom is 0.306 e. The smallest absolute Gasteiger partial charge is 0.306 e. The molecular formula is C65H110O6. The molecule has 0 N–H and O–H groups in total. The van der Waals surface area contributed by atoms with Crippen molar-refractivity contribution in [2.75, 3.05) is 13.2 Å². The number of esters is 3. The molecule has 71 heavy (non-hydrogen) atoms. The van der Waals surface area contributed by atoms with Gasteiger partial charge in [-0.3, -0.25) is 14.4 Å². The van der Waals surface area contributed by atoms with Crippen LogP contribution in [0.1, 0.15) is 278 Å². The van der Waals surface area contributed by atoms with Gasteiger partial charge in [-0.1, -0.05) is 234 Å². The van der Waals surface area contributed by atoms with Gasteiger partial charge in [0.05, 0.1) is 0 Å². The van der Waals surface area contributed by atoms with E-state index in [0.29, 0.717) is 19.3 Å². The lowest BCUT2D eigenvalue weighted by molar-refractivity contribution is -0.167. The Balaban J connectivity index is 4.43. The first-order valence-electron chi connectivity index (χ1n) is 29.7. The van der Waals surface area contributed by atoms with Crippen LogP contribution < -0.4 is 0 Å². The Morgan fingerprint density at radius 2 is 0.549 bits per heavy atom. The van der Waals surface area contributed by atoms with Gasteiger partial charge in [-0.15, -0.1) is 0 Å². The molecule has 6 nitrogen and oxygen atoms in total. The fourth-order valence-corrected chi connectivity index (χ4v) is 8.08. The molecule has 0 aliphatic rings. The monoisotopic (exact) mass is 987 g/mol. The first-order chi connectivity index (χ1) is 35.0. The normalized spacial score (nSPS) is 12.4. The van der Waals surface area contributed by atoms with Crippen LogP contribution in [0.2, 0.25) is 0 Å². The molecule has 0 aliphatic carbocycles. The van der Waals surface area contributed by atoms with Gasteiger partial charge in [0, 0.05) is 19.3 Å². The third-order valence-electron chi connectivity index (χ3n) is 12.5. The van der Waals surface area contributed by atoms with E-state index in [1.807, 2.05) is 0 Å². The van der Waals surface area contributed by atoms with Crippen LogP contribution in [0.25, 0.3) is 0 Å². The predicted molar refractivity (Wildman–Crippen MR) is 307 cm³/mol. The average Bonchev–Trinajstić information content (AvgIpc) is 3.37. The van der Waals surface area contributed by atoms with E-state index in [1.165, 1.54) is 141 Å². The van der Waals surface area contributed by atoms with E-state index in [-0.39, 0.29) is 37.5 Å². The third kappa shape index (κ3) is 57.1. The second-order valence-electron chi connectivity index (χ2n) is 19.5. The topological polar surface area (TPSA) is 78.9 Å². The van der Waals surface area contributed by atoms with Crippen LogP contribution in [0.15, 0.2) is 97.2 Å². The van der Waals surface area contributed by atoms with Crippen molar-refractivity contribution in [3.05, 3.63) is 97.2 Å². The van der Waals surface area contributed by atoms with E-state index in [1.54, 1.807) is 0 Å². The molecule has 0 aromatic rings. The summed E-state index contributed by atoms with van der Waals surface area (Å²) in [6.07, 6.45) is 78.3. The summed E-state index contributed by atoms with van der Waals surface area (Å²) < 4.78 is 16.9. The molecule has 0 rings (SSSR count). The zero-order valence-corrected chi connectivity index (χ0v) is 46.5. The first kappa shape index (κ1) is 67.3. The quantitative estimate of drug-likeness (QED) is 0.0261. The Hall–Kier alpha value is -3.67. The zero-order valence-electron chi connectivity index (χ0n) is 46.5. The minimum absolute atomic E-state index is 0.0979. The Morgan fingerprint density at radius 3 is 0.887 bits per heavy atom. The summed E-state index contributed by atoms with van der Waals surface area (Å²) in [7, 11) is 0. The van der Waals surface area contributed by atoms with Crippen molar-refractivity contribution in [3.63, 3.8) is 0 Å². The standard InChI is InChI=1S/C65H110O6/c1-4-7-10-13-16-19-22-25-28-30-32-34-37-39-42-45-48-51-54-57-63(66)69-60-62(71-65(68)59-56-53-50-47-44-41-36-27-24-21-18-15-12-9-6-3)61-70-64(67)58-55-52-49-46-43-40-38-35-33-31-29-26-23-20-17-14-11-8-5-2/h9,12,16-21,25-29,36,44,47,62H,4-8,10-11,13-15,22-24,30-35,37-43,45-46,48-61H2,1-3H3/b12-9-,19-16-,20-17-,21-18-,28-25-,29-26-,36-27-,47-44-. The van der Waals surface area contributed by atoms with Crippen molar-refractivity contribution in [1.82, 2.24) is 0 Å². The average molecular weight is 988 g/mol. The molecule has 0 atom stereocenters. The number of unbranched alkanes of at least 4 members (excludes halogenated alkanes) is 26. The van der Waals surface area contributed by atoms with E-state index >= 15 is 0 Å². The van der Waals surface area contributed by atoms with Crippen LogP contribution in [0.4, 0.5) is 0 Å². The first-order valence-corrected chi connectivity index (χ1v) is 29.7. The van der Waals surface area contributed by atoms with Gasteiger partial charge < -0.3 is 14.2 Å². The molecule has 406 valence electrons. The molecule has 0 aromatic carbocycles. The molecular weight excluding hydrogens is 877 g/mol. The van der Waals surface area contributed by atoms with Gasteiger partial charge in [0.15, 0.2) is 6.10 Å². The molecule has 6 heteroatoms. The van der Waals surface area contributed by atoms with Gasteiger partial charge in [0.2, 0.25) is 0 Å². The maximum atomic E-state index is 12.8. The Bertz CT molecular complexity index is 1340. The van der Waals surface area contributed by atoms with Crippen LogP contribution in [0.3, 0.4) is 0 Å². The fraction of sp³-hybridized carbons (Fsp3) is 0.708. The molecule has 0 heterocycles. The minimum atomic E-state index is -0.804. The molecule has 0 radical (unpaired) electrons. The summed E-state index contributed by atoms with van der Waals surface area (Å²) >= 11 is 0. The predicted octanol–water partition coefficient (Wildman–Crippen LogP) is 20.1. The summed E-state index contributed by atoms with van der Waals surface area (Å²) in [6, 6.07) is 0. The molecule has 0 amide bonds. The van der Waals surface area contributed by atoms with Gasteiger partial charge in [0.25, 0.3) is 0 Å². The zero-order chi connectivity index (χ0) is 51.4. The van der Waals surface area contributed by atoms with Gasteiger partial charge in [-0.05, 0) is 122 Å². The second kappa shape index (κ2) is 58.9. The summed E-state index contributed by atoms with van der Waals surface area (Å²) in [5.41, 5.74) is 0. The van der Waals surface area contributed by atoms with Gasteiger partial charge in [-0.25, -0.2) is 0 Å². The van der Waals surface area contributed by atoms with E-state index in [0.717, 1.165) is 89.9 Å². The van der Waals surface area contributed by atoms with E-state index in [2.05, 4.69) is 118 Å². The van der Waals surface area contributed by atoms with E-state index in [9.17, 15) is 14.4 Å². The van der Waals surface area contributed by atoms with Crippen molar-refractivity contribution in [2.45, 2.75) is 284 Å². The van der Waals surface area contributed by atoms with Gasteiger partial charge in [0.1, 0.15) is 13.2 Å². The minimum Gasteiger partial charge on any atom is -0.462 e. The van der Waals surface area contributed by atoms with Crippen molar-refractivity contribution >= 4 is 17.9 Å². The molecule has 0 spiro atoms. The number of rotatable bonds is 53. The number of hydrogen-bond acceptors (Lipinski definition) is 6. The summed E-state index contributed by atoms with van der Waals surface area (Å²) in [4.78, 5) is 38.2. The van der Waals surface area contributed by atoms with Crippen molar-refractivity contribution in [1.29, 1.82) is 0 Å². The fourth-order valence-electron chi connectivity index (χ4n) is 8.08. The van der Waals surface area contributed by atoms with Crippen LogP contribution >= 0.6 is 0 Å². The Morgan fingerprint density at radius 1 is 0.296 bits per heavy atom. The largest absolute Gasteiger partial charge is 0.462 e. The van der Waals surface area contributed by atoms with E-state index < -0.39 is 6.10 Å². The highest BCUT2D eigenvalue weighted by atomic mass is 16.6. The molecule has 0 aliphatic heterocycles. The molecule has 0 fully saturated rings. The SMILES string of the molecule is CC/C=C\C/C=C\C/C=C\C/C=C\CCCCC(=O)OC(COC(=O)CCCCCCCCCCC/C=C\C/C=C\CCCCC)COC(=O)CCCCCCCCCCC/C=C\C/C=C\CCCCC. The van der Waals surface area contributed by atoms with Crippen LogP contribution in [-0.4, -0.2) is 37.2 Å². The highest BCUT2D eigenvalue weighted by Gasteiger charge is 2.19. The molecule has 0 bridgehead atoms. The lowest BCUT2D eigenvalue weighted by Gasteiger charge is -2.18. The highest BCUT2D eigenvalue weighted by Crippen LogP contribution is 2.15. The number of carbonyl (C=O) groups excluding carboxylic acids is 3. The maximum absolute atomic E-state index is 12.8. The van der Waals surface area contributed by atoms with Gasteiger partial charge in [-0.2, -0.15) is 0 Å². The molecule has 0 saturated carbocycles. The van der Waals surface area contributed by atoms with Crippen LogP contribution in [0, 0.1) is 0 Å².